The Morgan fingerprint density at radius 3 is 2.23 bits per heavy atom. The van der Waals surface area contributed by atoms with E-state index in [1.165, 1.54) is 6.07 Å². The number of carboxylic acid groups (broad SMARTS) is 1. The van der Waals surface area contributed by atoms with E-state index in [2.05, 4.69) is 61.4 Å². The smallest absolute Gasteiger partial charge is 0.303 e. The summed E-state index contributed by atoms with van der Waals surface area (Å²) in [5.74, 6) is 0.652. The molecule has 0 amide bonds. The monoisotopic (exact) mass is 797 g/mol. The lowest BCUT2D eigenvalue weighted by Crippen LogP contribution is -2.33. The molecule has 2 aliphatic heterocycles. The molecule has 0 unspecified atom stereocenters. The van der Waals surface area contributed by atoms with E-state index in [9.17, 15) is 17.8 Å². The van der Waals surface area contributed by atoms with Crippen LogP contribution in [0.4, 0.5) is 5.69 Å². The summed E-state index contributed by atoms with van der Waals surface area (Å²) >= 11 is 0. The van der Waals surface area contributed by atoms with E-state index in [0.717, 1.165) is 58.6 Å². The quantitative estimate of drug-likeness (QED) is 0.0632. The normalized spacial score (nSPS) is 15.6. The van der Waals surface area contributed by atoms with E-state index in [1.807, 2.05) is 32.1 Å². The molecule has 1 aromatic rings. The van der Waals surface area contributed by atoms with Gasteiger partial charge in [0, 0.05) is 48.5 Å². The highest BCUT2D eigenvalue weighted by molar-refractivity contribution is 7.85. The van der Waals surface area contributed by atoms with Crippen LogP contribution in [-0.2, 0) is 44.7 Å². The van der Waals surface area contributed by atoms with Gasteiger partial charge in [-0.2, -0.15) is 8.42 Å². The predicted molar refractivity (Wildman–Crippen MR) is 219 cm³/mol. The number of carbonyl (C=O) groups is 1. The van der Waals surface area contributed by atoms with Gasteiger partial charge < -0.3 is 33.4 Å². The molecule has 0 saturated carbocycles. The fourth-order valence-electron chi connectivity index (χ4n) is 6.94. The Bertz CT molecular complexity index is 1970. The number of ether oxygens (including phenoxy) is 4. The molecule has 4 rings (SSSR count). The first-order chi connectivity index (χ1) is 26.6. The van der Waals surface area contributed by atoms with Gasteiger partial charge in [-0.1, -0.05) is 47.1 Å². The van der Waals surface area contributed by atoms with Crippen molar-refractivity contribution in [1.29, 1.82) is 0 Å². The van der Waals surface area contributed by atoms with Crippen molar-refractivity contribution < 1.29 is 46.2 Å². The highest BCUT2D eigenvalue weighted by Crippen LogP contribution is 2.48. The van der Waals surface area contributed by atoms with Crippen LogP contribution in [0.5, 0.6) is 0 Å². The molecule has 2 N–H and O–H groups in total. The highest BCUT2D eigenvalue weighted by Gasteiger charge is 2.40. The number of hydrogen-bond acceptors (Lipinski definition) is 9. The summed E-state index contributed by atoms with van der Waals surface area (Å²) in [5.41, 5.74) is 4.04. The molecule has 1 aliphatic carbocycles. The van der Waals surface area contributed by atoms with E-state index in [1.54, 1.807) is 19.2 Å². The fourth-order valence-corrected chi connectivity index (χ4v) is 7.44. The molecular weight excluding hydrogens is 737 g/mol. The number of allylic oxidation sites excluding steroid dienone is 3. The molecule has 0 radical (unpaired) electrons. The average Bonchev–Trinajstić information content (AvgIpc) is 3.35. The van der Waals surface area contributed by atoms with Gasteiger partial charge in [-0.25, -0.2) is 4.58 Å². The molecule has 3 aliphatic rings. The fraction of sp³-hybridized carbons (Fsp3) is 0.535. The first kappa shape index (κ1) is 44.9. The minimum atomic E-state index is -4.39. The zero-order chi connectivity index (χ0) is 40.9. The number of likely N-dealkylation sites (N-methyl/N-ethyl adjacent to an activating group) is 1. The SMILES string of the molecule is CC[N+](CCOCCOCCOCCOC)=c1ccc2c(C(C)(C)C)cc(/C=C/C=C3/N(CCCCCC(=O)O)c4ccc(S(=O)(=O)O)cc4C3(C)C)oc-2c1. The second-order valence-corrected chi connectivity index (χ2v) is 16.9. The molecule has 56 heavy (non-hydrogen) atoms. The molecule has 0 aromatic heterocycles. The Kier molecular flexibility index (Phi) is 16.4. The van der Waals surface area contributed by atoms with Crippen LogP contribution in [0.2, 0.25) is 0 Å². The average molecular weight is 798 g/mol. The van der Waals surface area contributed by atoms with Gasteiger partial charge in [0.1, 0.15) is 24.7 Å². The minimum Gasteiger partial charge on any atom is -0.481 e. The molecule has 0 saturated heterocycles. The van der Waals surface area contributed by atoms with Gasteiger partial charge in [0.05, 0.1) is 50.6 Å². The lowest BCUT2D eigenvalue weighted by molar-refractivity contribution is -0.137. The van der Waals surface area contributed by atoms with Crippen molar-refractivity contribution in [2.75, 3.05) is 77.9 Å². The molecule has 1 aromatic carbocycles. The second-order valence-electron chi connectivity index (χ2n) is 15.4. The number of unbranched alkanes of at least 4 members (excludes halogenated alkanes) is 2. The van der Waals surface area contributed by atoms with Crippen LogP contribution in [0.25, 0.3) is 17.4 Å². The molecule has 0 spiro atoms. The first-order valence-corrected chi connectivity index (χ1v) is 20.9. The Balaban J connectivity index is 1.58. The number of aliphatic carboxylic acids is 1. The number of methoxy groups -OCH3 is 1. The Morgan fingerprint density at radius 1 is 0.929 bits per heavy atom. The largest absolute Gasteiger partial charge is 0.481 e. The van der Waals surface area contributed by atoms with E-state index in [0.29, 0.717) is 71.5 Å². The maximum absolute atomic E-state index is 12.1. The number of hydrogen-bond donors (Lipinski definition) is 2. The van der Waals surface area contributed by atoms with Gasteiger partial charge >= 0.3 is 5.97 Å². The lowest BCUT2D eigenvalue weighted by atomic mass is 9.82. The summed E-state index contributed by atoms with van der Waals surface area (Å²) in [7, 11) is -2.75. The van der Waals surface area contributed by atoms with Crippen LogP contribution in [0.1, 0.15) is 84.1 Å². The number of nitrogens with zero attached hydrogens (tertiary/aromatic N) is 2. The number of anilines is 1. The Morgan fingerprint density at radius 2 is 1.61 bits per heavy atom. The first-order valence-electron chi connectivity index (χ1n) is 19.5. The van der Waals surface area contributed by atoms with Gasteiger partial charge in [0.25, 0.3) is 10.1 Å². The predicted octanol–water partition coefficient (Wildman–Crippen LogP) is 6.76. The molecule has 0 fully saturated rings. The third-order valence-electron chi connectivity index (χ3n) is 9.95. The number of fused-ring (bicyclic) bond motifs is 2. The summed E-state index contributed by atoms with van der Waals surface area (Å²) in [6.45, 7) is 18.6. The molecular formula is C43H61N2O10S+. The third-order valence-corrected chi connectivity index (χ3v) is 10.8. The van der Waals surface area contributed by atoms with Crippen molar-refractivity contribution in [1.82, 2.24) is 4.58 Å². The molecule has 12 nitrogen and oxygen atoms in total. The summed E-state index contributed by atoms with van der Waals surface area (Å²) in [4.78, 5) is 13.1. The maximum Gasteiger partial charge on any atom is 0.303 e. The van der Waals surface area contributed by atoms with Crippen molar-refractivity contribution in [3.63, 3.8) is 0 Å². The van der Waals surface area contributed by atoms with Crippen molar-refractivity contribution in [2.45, 2.75) is 83.0 Å². The Hall–Kier alpha value is -3.85. The van der Waals surface area contributed by atoms with Crippen LogP contribution < -0.4 is 14.8 Å². The topological polar surface area (TPSA) is 148 Å². The van der Waals surface area contributed by atoms with Crippen molar-refractivity contribution in [2.24, 2.45) is 0 Å². The third kappa shape index (κ3) is 12.3. The van der Waals surface area contributed by atoms with Gasteiger partial charge in [-0.15, -0.1) is 0 Å². The van der Waals surface area contributed by atoms with Gasteiger partial charge in [0.2, 0.25) is 5.36 Å². The summed E-state index contributed by atoms with van der Waals surface area (Å²) in [5, 5.41) is 10.1. The van der Waals surface area contributed by atoms with E-state index < -0.39 is 21.5 Å². The standard InChI is InChI=1S/C43H60N2O10S/c1-8-44(21-22-52-25-26-54-28-27-53-24-23-51-7)32-16-18-35-36(42(2,3)4)30-33(55-39(35)29-32)13-12-14-40-43(5,6)37-31-34(56(48,49)50)17-19-38(37)45(40)20-11-9-10-15-41(46)47/h12-14,16-19,29-31H,8-11,15,20-28H2,1-7H3,(H-,46,47,48,49,50)/p+1. The summed E-state index contributed by atoms with van der Waals surface area (Å²) in [6, 6.07) is 13.1. The van der Waals surface area contributed by atoms with Gasteiger partial charge in [-0.05, 0) is 78.8 Å². The van der Waals surface area contributed by atoms with Crippen LogP contribution in [0.3, 0.4) is 0 Å². The molecule has 0 atom stereocenters. The second kappa shape index (κ2) is 20.5. The molecule has 2 heterocycles. The zero-order valence-electron chi connectivity index (χ0n) is 34.1. The van der Waals surface area contributed by atoms with E-state index in [4.69, 9.17) is 28.5 Å². The molecule has 308 valence electrons. The van der Waals surface area contributed by atoms with Gasteiger partial charge in [0.15, 0.2) is 6.54 Å². The number of benzene rings is 2. The van der Waals surface area contributed by atoms with Crippen LogP contribution >= 0.6 is 0 Å². The summed E-state index contributed by atoms with van der Waals surface area (Å²) in [6.07, 6.45) is 8.11. The highest BCUT2D eigenvalue weighted by atomic mass is 32.2. The van der Waals surface area contributed by atoms with E-state index >= 15 is 0 Å². The Labute approximate surface area is 332 Å². The van der Waals surface area contributed by atoms with Gasteiger partial charge in [-0.3, -0.25) is 9.35 Å². The zero-order valence-corrected chi connectivity index (χ0v) is 35.0. The van der Waals surface area contributed by atoms with Crippen LogP contribution in [-0.4, -0.2) is 97.0 Å². The molecule has 0 bridgehead atoms. The van der Waals surface area contributed by atoms with Crippen molar-refractivity contribution in [3.05, 3.63) is 82.6 Å². The molecule has 13 heteroatoms. The van der Waals surface area contributed by atoms with E-state index in [-0.39, 0.29) is 16.7 Å². The maximum atomic E-state index is 12.1. The minimum absolute atomic E-state index is 0.118. The van der Waals surface area contributed by atoms with Crippen molar-refractivity contribution >= 4 is 27.9 Å². The van der Waals surface area contributed by atoms with Crippen LogP contribution in [0.15, 0.2) is 69.6 Å². The summed E-state index contributed by atoms with van der Waals surface area (Å²) < 4.78 is 64.6. The number of rotatable bonds is 22. The van der Waals surface area contributed by atoms with Crippen molar-refractivity contribution in [3.8, 4) is 11.3 Å². The van der Waals surface area contributed by atoms with Crippen LogP contribution in [0, 0.1) is 0 Å². The number of carboxylic acids is 1. The lowest BCUT2D eigenvalue weighted by Gasteiger charge is -2.27.